The van der Waals surface area contributed by atoms with Crippen LogP contribution in [0.25, 0.3) is 0 Å². The maximum atomic E-state index is 11.5. The molecule has 71 heavy (non-hydrogen) atoms. The first-order chi connectivity index (χ1) is 34.0. The molecule has 10 fully saturated rings. The molecular weight excluding hydrogens is 901 g/mol. The molecule has 0 spiro atoms. The first-order valence-corrected chi connectivity index (χ1v) is 28.1. The third-order valence-electron chi connectivity index (χ3n) is 19.5. The average molecular weight is 993 g/mol. The van der Waals surface area contributed by atoms with Crippen LogP contribution >= 0.6 is 0 Å². The Balaban J connectivity index is 0.000000145. The molecule has 0 aromatic carbocycles. The van der Waals surface area contributed by atoms with Crippen LogP contribution in [0.15, 0.2) is 24.3 Å². The Morgan fingerprint density at radius 1 is 0.507 bits per heavy atom. The smallest absolute Gasteiger partial charge is 0.330 e. The molecular formula is C58H92N2O11. The average Bonchev–Trinajstić information content (AvgIpc) is 3.99. The van der Waals surface area contributed by atoms with Gasteiger partial charge >= 0.3 is 29.8 Å². The van der Waals surface area contributed by atoms with Crippen LogP contribution in [0.2, 0.25) is 0 Å². The molecule has 0 amide bonds. The lowest BCUT2D eigenvalue weighted by Crippen LogP contribution is -2.31. The van der Waals surface area contributed by atoms with Crippen LogP contribution in [0.3, 0.4) is 0 Å². The number of esters is 4. The molecule has 0 aromatic heterocycles. The number of aldehydes is 1. The highest BCUT2D eigenvalue weighted by molar-refractivity contribution is 5.83. The Bertz CT molecular complexity index is 1760. The van der Waals surface area contributed by atoms with Crippen molar-refractivity contribution in [3.8, 4) is 0 Å². The van der Waals surface area contributed by atoms with Crippen LogP contribution in [0.5, 0.6) is 0 Å². The van der Waals surface area contributed by atoms with Gasteiger partial charge in [-0.15, -0.1) is 6.58 Å². The van der Waals surface area contributed by atoms with Gasteiger partial charge in [0.2, 0.25) is 0 Å². The highest BCUT2D eigenvalue weighted by Crippen LogP contribution is 2.59. The number of rotatable bonds is 17. The number of fused-ring (bicyclic) bond motifs is 5. The monoisotopic (exact) mass is 993 g/mol. The summed E-state index contributed by atoms with van der Waals surface area (Å²) >= 11 is 0. The van der Waals surface area contributed by atoms with Gasteiger partial charge in [0, 0.05) is 11.5 Å². The van der Waals surface area contributed by atoms with Crippen molar-refractivity contribution in [2.24, 2.45) is 92.3 Å². The van der Waals surface area contributed by atoms with Crippen molar-refractivity contribution in [1.29, 1.82) is 0 Å². The Labute approximate surface area is 425 Å². The van der Waals surface area contributed by atoms with Gasteiger partial charge in [0.1, 0.15) is 6.29 Å². The van der Waals surface area contributed by atoms with Gasteiger partial charge in [-0.3, -0.25) is 19.2 Å². The van der Waals surface area contributed by atoms with Gasteiger partial charge in [0.15, 0.2) is 0 Å². The summed E-state index contributed by atoms with van der Waals surface area (Å²) in [5, 5.41) is 8.81. The van der Waals surface area contributed by atoms with Crippen LogP contribution in [-0.4, -0.2) is 80.8 Å². The SMILES string of the molecule is C=CC1(CC(=O)OCC)C[C@H]2CC[C@H]2C1.CCOC(=O)C=C1C[C@H]2CC[C@H]2C1.CCOC(=O)CC1(C=O)C[C@H]2CC[C@H]2C1.CCOC(=O)CC1(CN)C[C@H]2CC[C@H]2C1.NCC1(CC(=O)O)C[C@H]2CC[C@H]2C1. The van der Waals surface area contributed by atoms with Crippen LogP contribution in [0, 0.1) is 80.8 Å². The summed E-state index contributed by atoms with van der Waals surface area (Å²) in [4.78, 5) is 67.5. The summed E-state index contributed by atoms with van der Waals surface area (Å²) in [6.07, 6.45) is 30.3. The minimum Gasteiger partial charge on any atom is -0.481 e. The Hall–Kier alpha value is -3.58. The number of allylic oxidation sites excluding steroid dienone is 2. The number of carbonyl (C=O) groups is 6. The van der Waals surface area contributed by atoms with E-state index in [9.17, 15) is 28.8 Å². The van der Waals surface area contributed by atoms with E-state index in [0.29, 0.717) is 64.2 Å². The Kier molecular flexibility index (Phi) is 20.4. The minimum atomic E-state index is -0.688. The standard InChI is InChI=1S/C13H20O2.C12H21NO2.C12H18O3.C11H16O2.C10H17NO2/c1-3-13(9-12(14)15-4-2)7-10-5-6-11(10)8-13;2*1-2-15-11(14)7-12(8-13)5-9-3-4-10(9)6-12;1-2-13-11(12)7-8-5-9-3-4-10(9)6-8;11-6-10(5-9(12)13)3-7-1-2-8(7)4-10/h3,10-11H,1,4-9H2,2H3;9-10H,2-8,13H2,1H3;8-10H,2-7H2,1H3;7,9-10H,2-6H2,1H3;7-8H,1-6,11H2,(H,12,13)/t10-,11+,13?;2*9-,10+,12?;9-,10+;7-,8+,10?. The molecule has 13 nitrogen and oxygen atoms in total. The van der Waals surface area contributed by atoms with E-state index in [2.05, 4.69) is 6.58 Å². The highest BCUT2D eigenvalue weighted by atomic mass is 16.5. The summed E-state index contributed by atoms with van der Waals surface area (Å²) in [5.41, 5.74) is 12.5. The summed E-state index contributed by atoms with van der Waals surface area (Å²) < 4.78 is 19.9. The van der Waals surface area contributed by atoms with Crippen molar-refractivity contribution < 1.29 is 52.8 Å². The lowest BCUT2D eigenvalue weighted by molar-refractivity contribution is -0.147. The lowest BCUT2D eigenvalue weighted by atomic mass is 9.77. The number of hydrogen-bond acceptors (Lipinski definition) is 12. The van der Waals surface area contributed by atoms with E-state index in [1.807, 2.05) is 26.8 Å². The van der Waals surface area contributed by atoms with Crippen molar-refractivity contribution in [3.05, 3.63) is 24.3 Å². The van der Waals surface area contributed by atoms with E-state index in [1.165, 1.54) is 69.8 Å². The van der Waals surface area contributed by atoms with Crippen molar-refractivity contribution in [2.45, 2.75) is 182 Å². The molecule has 4 unspecified atom stereocenters. The van der Waals surface area contributed by atoms with E-state index in [1.54, 1.807) is 13.0 Å². The van der Waals surface area contributed by atoms with Gasteiger partial charge in [0.25, 0.3) is 0 Å². The maximum absolute atomic E-state index is 11.5. The minimum absolute atomic E-state index is 0.0537. The van der Waals surface area contributed by atoms with Gasteiger partial charge in [-0.25, -0.2) is 4.79 Å². The number of carbonyl (C=O) groups excluding carboxylic acids is 5. The summed E-state index contributed by atoms with van der Waals surface area (Å²) in [6, 6.07) is 0. The molecule has 0 bridgehead atoms. The number of carboxylic acids is 1. The molecule has 10 aliphatic rings. The van der Waals surface area contributed by atoms with Crippen LogP contribution < -0.4 is 11.5 Å². The maximum Gasteiger partial charge on any atom is 0.330 e. The zero-order valence-electron chi connectivity index (χ0n) is 44.1. The largest absolute Gasteiger partial charge is 0.481 e. The highest BCUT2D eigenvalue weighted by Gasteiger charge is 2.52. The second-order valence-electron chi connectivity index (χ2n) is 24.1. The first-order valence-electron chi connectivity index (χ1n) is 28.1. The number of ether oxygens (including phenoxy) is 4. The van der Waals surface area contributed by atoms with Crippen molar-refractivity contribution in [3.63, 3.8) is 0 Å². The molecule has 14 atom stereocenters. The Morgan fingerprint density at radius 3 is 1.14 bits per heavy atom. The molecule has 0 radical (unpaired) electrons. The van der Waals surface area contributed by atoms with Crippen LogP contribution in [0.4, 0.5) is 0 Å². The molecule has 0 aromatic rings. The molecule has 5 N–H and O–H groups in total. The quantitative estimate of drug-likeness (QED) is 0.0408. The fourth-order valence-corrected chi connectivity index (χ4v) is 15.0. The fourth-order valence-electron chi connectivity index (χ4n) is 15.0. The molecule has 10 saturated carbocycles. The number of carboxylic acid groups (broad SMARTS) is 1. The van der Waals surface area contributed by atoms with Gasteiger partial charge < -0.3 is 40.3 Å². The molecule has 13 heteroatoms. The van der Waals surface area contributed by atoms with Gasteiger partial charge in [0.05, 0.1) is 52.1 Å². The van der Waals surface area contributed by atoms with E-state index < -0.39 is 11.4 Å². The van der Waals surface area contributed by atoms with E-state index >= 15 is 0 Å². The van der Waals surface area contributed by atoms with Crippen molar-refractivity contribution in [1.82, 2.24) is 0 Å². The molecule has 10 aliphatic carbocycles. The first kappa shape index (κ1) is 56.7. The summed E-state index contributed by atoms with van der Waals surface area (Å²) in [7, 11) is 0. The predicted octanol–water partition coefficient (Wildman–Crippen LogP) is 10.1. The second kappa shape index (κ2) is 25.6. The molecule has 10 rings (SSSR count). The molecule has 400 valence electrons. The van der Waals surface area contributed by atoms with E-state index in [-0.39, 0.29) is 53.0 Å². The van der Waals surface area contributed by atoms with Crippen molar-refractivity contribution >= 4 is 36.1 Å². The third-order valence-corrected chi connectivity index (χ3v) is 19.5. The van der Waals surface area contributed by atoms with Crippen molar-refractivity contribution in [2.75, 3.05) is 39.5 Å². The molecule has 0 heterocycles. The van der Waals surface area contributed by atoms with Gasteiger partial charge in [-0.05, 0) is 245 Å². The number of aliphatic carboxylic acids is 1. The Morgan fingerprint density at radius 2 is 0.831 bits per heavy atom. The number of nitrogens with two attached hydrogens (primary N) is 2. The fraction of sp³-hybridized carbons (Fsp3) is 0.828. The molecule has 0 aliphatic heterocycles. The lowest BCUT2D eigenvalue weighted by Gasteiger charge is -2.29. The second-order valence-corrected chi connectivity index (χ2v) is 24.1. The van der Waals surface area contributed by atoms with E-state index in [4.69, 9.17) is 35.5 Å². The molecule has 0 saturated heterocycles. The topological polar surface area (TPSA) is 212 Å². The van der Waals surface area contributed by atoms with Gasteiger partial charge in [-0.1, -0.05) is 11.6 Å². The normalized spacial score (nSPS) is 38.1. The third kappa shape index (κ3) is 14.6. The van der Waals surface area contributed by atoms with Crippen LogP contribution in [-0.2, 0) is 47.7 Å². The van der Waals surface area contributed by atoms with Crippen LogP contribution in [0.1, 0.15) is 182 Å². The number of hydrogen-bond donors (Lipinski definition) is 3. The van der Waals surface area contributed by atoms with E-state index in [0.717, 1.165) is 118 Å². The summed E-state index contributed by atoms with van der Waals surface area (Å²) in [6.45, 7) is 14.3. The summed E-state index contributed by atoms with van der Waals surface area (Å²) in [5.74, 6) is 7.00. The zero-order valence-corrected chi connectivity index (χ0v) is 44.1. The predicted molar refractivity (Wildman–Crippen MR) is 272 cm³/mol. The zero-order chi connectivity index (χ0) is 51.4. The van der Waals surface area contributed by atoms with Gasteiger partial charge in [-0.2, -0.15) is 0 Å².